The summed E-state index contributed by atoms with van der Waals surface area (Å²) in [7, 11) is 0. The first-order valence-electron chi connectivity index (χ1n) is 7.24. The van der Waals surface area contributed by atoms with Crippen molar-refractivity contribution >= 4 is 23.6 Å². The second-order valence-corrected chi connectivity index (χ2v) is 7.38. The van der Waals surface area contributed by atoms with Gasteiger partial charge in [-0.2, -0.15) is 11.8 Å². The number of hydrogen-bond acceptors (Lipinski definition) is 3. The first kappa shape index (κ1) is 14.7. The molecule has 19 heavy (non-hydrogen) atoms. The Balaban J connectivity index is 2.03. The third-order valence-electron chi connectivity index (χ3n) is 4.05. The molecule has 3 atom stereocenters. The zero-order chi connectivity index (χ0) is 14.0. The van der Waals surface area contributed by atoms with Gasteiger partial charge < -0.3 is 10.2 Å². The summed E-state index contributed by atoms with van der Waals surface area (Å²) < 4.78 is 0. The van der Waals surface area contributed by atoms with Crippen molar-refractivity contribution in [2.45, 2.75) is 57.4 Å². The van der Waals surface area contributed by atoms with Gasteiger partial charge in [-0.15, -0.1) is 0 Å². The van der Waals surface area contributed by atoms with Crippen LogP contribution in [0.3, 0.4) is 0 Å². The van der Waals surface area contributed by atoms with Gasteiger partial charge in [0.25, 0.3) is 0 Å². The van der Waals surface area contributed by atoms with E-state index >= 15 is 0 Å². The lowest BCUT2D eigenvalue weighted by Gasteiger charge is -2.38. The van der Waals surface area contributed by atoms with Gasteiger partial charge in [0.05, 0.1) is 6.54 Å². The van der Waals surface area contributed by atoms with Crippen molar-refractivity contribution in [2.75, 3.05) is 12.3 Å². The quantitative estimate of drug-likeness (QED) is 0.854. The summed E-state index contributed by atoms with van der Waals surface area (Å²) in [5.74, 6) is 1.38. The van der Waals surface area contributed by atoms with Crippen LogP contribution in [0.5, 0.6) is 0 Å². The van der Waals surface area contributed by atoms with E-state index in [1.807, 2.05) is 30.5 Å². The van der Waals surface area contributed by atoms with Crippen LogP contribution in [0.4, 0.5) is 0 Å². The van der Waals surface area contributed by atoms with Crippen LogP contribution in [-0.2, 0) is 9.59 Å². The van der Waals surface area contributed by atoms with Gasteiger partial charge in [-0.1, -0.05) is 20.8 Å². The Kier molecular flexibility index (Phi) is 4.76. The molecule has 2 aliphatic rings. The van der Waals surface area contributed by atoms with E-state index in [0.29, 0.717) is 5.25 Å². The first-order valence-corrected chi connectivity index (χ1v) is 8.29. The van der Waals surface area contributed by atoms with Crippen LogP contribution in [-0.4, -0.2) is 46.3 Å². The van der Waals surface area contributed by atoms with Crippen molar-refractivity contribution in [3.63, 3.8) is 0 Å². The molecule has 5 heteroatoms. The minimum absolute atomic E-state index is 0.00936. The van der Waals surface area contributed by atoms with Gasteiger partial charge in [0, 0.05) is 11.3 Å². The summed E-state index contributed by atoms with van der Waals surface area (Å²) in [5.41, 5.74) is 0. The molecule has 2 rings (SSSR count). The SMILES string of the molecule is CCSC1CCC(N2CC(=O)NC(C(C)C)C2=O)C1. The number of amides is 2. The molecule has 2 fully saturated rings. The second kappa shape index (κ2) is 6.16. The Morgan fingerprint density at radius 1 is 1.37 bits per heavy atom. The molecular weight excluding hydrogens is 260 g/mol. The van der Waals surface area contributed by atoms with Crippen molar-refractivity contribution in [3.05, 3.63) is 0 Å². The lowest BCUT2D eigenvalue weighted by Crippen LogP contribution is -2.61. The van der Waals surface area contributed by atoms with E-state index in [-0.39, 0.29) is 36.4 Å². The van der Waals surface area contributed by atoms with E-state index < -0.39 is 0 Å². The van der Waals surface area contributed by atoms with Gasteiger partial charge in [0.1, 0.15) is 6.04 Å². The standard InChI is InChI=1S/C14H24N2O2S/c1-4-19-11-6-5-10(7-11)16-8-12(17)15-13(9(2)3)14(16)18/h9-11,13H,4-8H2,1-3H3,(H,15,17). The van der Waals surface area contributed by atoms with E-state index in [9.17, 15) is 9.59 Å². The summed E-state index contributed by atoms with van der Waals surface area (Å²) >= 11 is 1.98. The Bertz CT molecular complexity index is 359. The number of hydrogen-bond donors (Lipinski definition) is 1. The lowest BCUT2D eigenvalue weighted by molar-refractivity contribution is -0.147. The summed E-state index contributed by atoms with van der Waals surface area (Å²) in [4.78, 5) is 26.1. The maximum Gasteiger partial charge on any atom is 0.246 e. The topological polar surface area (TPSA) is 49.4 Å². The molecule has 1 saturated carbocycles. The van der Waals surface area contributed by atoms with Crippen molar-refractivity contribution in [1.29, 1.82) is 0 Å². The molecule has 0 aromatic rings. The fraction of sp³-hybridized carbons (Fsp3) is 0.857. The fourth-order valence-electron chi connectivity index (χ4n) is 3.04. The summed E-state index contributed by atoms with van der Waals surface area (Å²) in [6, 6.07) is -0.0667. The Labute approximate surface area is 119 Å². The average molecular weight is 284 g/mol. The van der Waals surface area contributed by atoms with Gasteiger partial charge in [0.2, 0.25) is 11.8 Å². The zero-order valence-electron chi connectivity index (χ0n) is 12.0. The molecular formula is C14H24N2O2S. The third-order valence-corrected chi connectivity index (χ3v) is 5.28. The van der Waals surface area contributed by atoms with Crippen molar-refractivity contribution in [1.82, 2.24) is 10.2 Å². The highest BCUT2D eigenvalue weighted by Gasteiger charge is 2.40. The van der Waals surface area contributed by atoms with Crippen LogP contribution < -0.4 is 5.32 Å². The van der Waals surface area contributed by atoms with Crippen LogP contribution in [0.1, 0.15) is 40.0 Å². The maximum absolute atomic E-state index is 12.5. The Hall–Kier alpha value is -0.710. The van der Waals surface area contributed by atoms with E-state index in [1.54, 1.807) is 0 Å². The summed E-state index contributed by atoms with van der Waals surface area (Å²) in [5, 5.41) is 3.48. The number of carbonyl (C=O) groups is 2. The van der Waals surface area contributed by atoms with Crippen LogP contribution in [0.2, 0.25) is 0 Å². The zero-order valence-corrected chi connectivity index (χ0v) is 12.8. The lowest BCUT2D eigenvalue weighted by atomic mass is 9.99. The molecule has 0 aromatic carbocycles. The average Bonchev–Trinajstić information content (AvgIpc) is 2.80. The Morgan fingerprint density at radius 2 is 2.11 bits per heavy atom. The molecule has 1 saturated heterocycles. The van der Waals surface area contributed by atoms with Crippen molar-refractivity contribution in [2.24, 2.45) is 5.92 Å². The van der Waals surface area contributed by atoms with Gasteiger partial charge in [-0.05, 0) is 30.9 Å². The number of nitrogens with one attached hydrogen (secondary N) is 1. The largest absolute Gasteiger partial charge is 0.343 e. The molecule has 0 radical (unpaired) electrons. The van der Waals surface area contributed by atoms with Crippen LogP contribution >= 0.6 is 11.8 Å². The molecule has 0 bridgehead atoms. The smallest absolute Gasteiger partial charge is 0.246 e. The summed E-state index contributed by atoms with van der Waals surface area (Å²) in [6.07, 6.45) is 3.25. The minimum Gasteiger partial charge on any atom is -0.343 e. The van der Waals surface area contributed by atoms with Crippen LogP contribution in [0.25, 0.3) is 0 Å². The molecule has 1 aliphatic heterocycles. The van der Waals surface area contributed by atoms with Crippen LogP contribution in [0.15, 0.2) is 0 Å². The molecule has 3 unspecified atom stereocenters. The number of piperazine rings is 1. The first-order chi connectivity index (χ1) is 9.02. The number of rotatable bonds is 4. The van der Waals surface area contributed by atoms with Crippen molar-refractivity contribution < 1.29 is 9.59 Å². The molecule has 1 heterocycles. The second-order valence-electron chi connectivity index (χ2n) is 5.80. The third kappa shape index (κ3) is 3.25. The molecule has 0 spiro atoms. The van der Waals surface area contributed by atoms with E-state index in [0.717, 1.165) is 18.6 Å². The predicted molar refractivity (Wildman–Crippen MR) is 78.0 cm³/mol. The molecule has 4 nitrogen and oxygen atoms in total. The van der Waals surface area contributed by atoms with Gasteiger partial charge in [-0.3, -0.25) is 9.59 Å². The highest BCUT2D eigenvalue weighted by molar-refractivity contribution is 7.99. The van der Waals surface area contributed by atoms with Gasteiger partial charge in [-0.25, -0.2) is 0 Å². The minimum atomic E-state index is -0.334. The Morgan fingerprint density at radius 3 is 2.74 bits per heavy atom. The predicted octanol–water partition coefficient (Wildman–Crippen LogP) is 1.64. The molecule has 1 aliphatic carbocycles. The highest BCUT2D eigenvalue weighted by atomic mass is 32.2. The summed E-state index contributed by atoms with van der Waals surface area (Å²) in [6.45, 7) is 6.38. The van der Waals surface area contributed by atoms with Crippen molar-refractivity contribution in [3.8, 4) is 0 Å². The number of carbonyl (C=O) groups excluding carboxylic acids is 2. The van der Waals surface area contributed by atoms with E-state index in [1.165, 1.54) is 6.42 Å². The van der Waals surface area contributed by atoms with E-state index in [2.05, 4.69) is 12.2 Å². The molecule has 2 amide bonds. The highest BCUT2D eigenvalue weighted by Crippen LogP contribution is 2.33. The molecule has 1 N–H and O–H groups in total. The van der Waals surface area contributed by atoms with Gasteiger partial charge >= 0.3 is 0 Å². The monoisotopic (exact) mass is 284 g/mol. The number of thioether (sulfide) groups is 1. The normalized spacial score (nSPS) is 32.0. The fourth-order valence-corrected chi connectivity index (χ4v) is 4.17. The molecule has 0 aromatic heterocycles. The van der Waals surface area contributed by atoms with E-state index in [4.69, 9.17) is 0 Å². The maximum atomic E-state index is 12.5. The van der Waals surface area contributed by atoms with Gasteiger partial charge in [0.15, 0.2) is 0 Å². The molecule has 108 valence electrons. The number of nitrogens with zero attached hydrogens (tertiary/aromatic N) is 1. The van der Waals surface area contributed by atoms with Crippen LogP contribution in [0, 0.1) is 5.92 Å².